The first-order valence-electron chi connectivity index (χ1n) is 4.33. The second kappa shape index (κ2) is 10.2. The predicted molar refractivity (Wildman–Crippen MR) is 60.5 cm³/mol. The fourth-order valence-corrected chi connectivity index (χ4v) is 0.453. The van der Waals surface area contributed by atoms with Crippen molar-refractivity contribution in [1.29, 1.82) is 0 Å². The SMILES string of the molecule is CC(=O)O.CC(C)=O.Nc1ccccc1. The minimum absolute atomic E-state index is 0.167. The highest BCUT2D eigenvalue weighted by Crippen LogP contribution is 1.95. The van der Waals surface area contributed by atoms with Gasteiger partial charge >= 0.3 is 0 Å². The molecule has 0 atom stereocenters. The van der Waals surface area contributed by atoms with Crippen LogP contribution in [0.25, 0.3) is 0 Å². The summed E-state index contributed by atoms with van der Waals surface area (Å²) in [5.74, 6) is -0.667. The van der Waals surface area contributed by atoms with Gasteiger partial charge in [0.25, 0.3) is 5.97 Å². The summed E-state index contributed by atoms with van der Waals surface area (Å²) in [5, 5.41) is 7.42. The van der Waals surface area contributed by atoms with E-state index in [-0.39, 0.29) is 5.78 Å². The summed E-state index contributed by atoms with van der Waals surface area (Å²) in [4.78, 5) is 18.4. The molecule has 1 aromatic rings. The molecule has 0 unspecified atom stereocenters. The molecule has 1 aromatic carbocycles. The van der Waals surface area contributed by atoms with Crippen LogP contribution in [0.2, 0.25) is 0 Å². The Morgan fingerprint density at radius 1 is 1.07 bits per heavy atom. The highest BCUT2D eigenvalue weighted by molar-refractivity contribution is 5.72. The molecule has 0 saturated carbocycles. The minimum Gasteiger partial charge on any atom is -0.481 e. The fraction of sp³-hybridized carbons (Fsp3) is 0.273. The summed E-state index contributed by atoms with van der Waals surface area (Å²) in [7, 11) is 0. The van der Waals surface area contributed by atoms with Gasteiger partial charge in [0, 0.05) is 12.6 Å². The minimum atomic E-state index is -0.833. The lowest BCUT2D eigenvalue weighted by Gasteiger charge is -1.83. The third-order valence-electron chi connectivity index (χ3n) is 0.800. The van der Waals surface area contributed by atoms with Crippen LogP contribution in [-0.4, -0.2) is 16.9 Å². The molecule has 0 aromatic heterocycles. The summed E-state index contributed by atoms with van der Waals surface area (Å²) in [5.41, 5.74) is 6.18. The second-order valence-electron chi connectivity index (χ2n) is 2.84. The van der Waals surface area contributed by atoms with Crippen LogP contribution in [0.5, 0.6) is 0 Å². The topological polar surface area (TPSA) is 80.4 Å². The molecule has 0 saturated heterocycles. The van der Waals surface area contributed by atoms with Gasteiger partial charge in [-0.3, -0.25) is 4.79 Å². The zero-order valence-electron chi connectivity index (χ0n) is 9.23. The number of carboxylic acids is 1. The van der Waals surface area contributed by atoms with E-state index in [9.17, 15) is 4.79 Å². The number of nitrogens with two attached hydrogens (primary N) is 1. The Hall–Kier alpha value is -1.84. The number of benzene rings is 1. The number of hydrogen-bond donors (Lipinski definition) is 2. The Kier molecular flexibility index (Phi) is 10.7. The van der Waals surface area contributed by atoms with E-state index >= 15 is 0 Å². The molecule has 84 valence electrons. The number of ketones is 1. The van der Waals surface area contributed by atoms with Crippen molar-refractivity contribution in [2.75, 3.05) is 5.73 Å². The fourth-order valence-electron chi connectivity index (χ4n) is 0.453. The summed E-state index contributed by atoms with van der Waals surface area (Å²) in [6.07, 6.45) is 0. The molecule has 0 amide bonds. The van der Waals surface area contributed by atoms with Crippen molar-refractivity contribution in [2.24, 2.45) is 0 Å². The molecule has 4 heteroatoms. The Balaban J connectivity index is 0. The Morgan fingerprint density at radius 2 is 1.33 bits per heavy atom. The van der Waals surface area contributed by atoms with Crippen molar-refractivity contribution in [3.8, 4) is 0 Å². The van der Waals surface area contributed by atoms with Crippen molar-refractivity contribution < 1.29 is 14.7 Å². The molecule has 0 aliphatic heterocycles. The lowest BCUT2D eigenvalue weighted by Crippen LogP contribution is -1.79. The summed E-state index contributed by atoms with van der Waals surface area (Å²) >= 11 is 0. The van der Waals surface area contributed by atoms with Crippen molar-refractivity contribution in [1.82, 2.24) is 0 Å². The molecule has 3 N–H and O–H groups in total. The smallest absolute Gasteiger partial charge is 0.300 e. The largest absolute Gasteiger partial charge is 0.481 e. The monoisotopic (exact) mass is 211 g/mol. The van der Waals surface area contributed by atoms with E-state index in [1.165, 1.54) is 13.8 Å². The highest BCUT2D eigenvalue weighted by Gasteiger charge is 1.72. The number of aliphatic carboxylic acids is 1. The van der Waals surface area contributed by atoms with Crippen molar-refractivity contribution in [2.45, 2.75) is 20.8 Å². The molecule has 0 aliphatic rings. The van der Waals surface area contributed by atoms with E-state index < -0.39 is 5.97 Å². The molecular formula is C11H17NO3. The number of Topliss-reactive ketones (excluding diaryl/α,β-unsaturated/α-hetero) is 1. The maximum atomic E-state index is 9.44. The van der Waals surface area contributed by atoms with Gasteiger partial charge in [0.05, 0.1) is 0 Å². The molecule has 4 nitrogen and oxygen atoms in total. The normalized spacial score (nSPS) is 7.40. The predicted octanol–water partition coefficient (Wildman–Crippen LogP) is 1.95. The van der Waals surface area contributed by atoms with Gasteiger partial charge in [0.15, 0.2) is 0 Å². The molecule has 0 radical (unpaired) electrons. The molecule has 1 rings (SSSR count). The van der Waals surface area contributed by atoms with Crippen LogP contribution in [0, 0.1) is 0 Å². The lowest BCUT2D eigenvalue weighted by molar-refractivity contribution is -0.134. The zero-order valence-corrected chi connectivity index (χ0v) is 9.23. The first kappa shape index (κ1) is 15.6. The molecule has 0 fully saturated rings. The third kappa shape index (κ3) is 33.1. The zero-order chi connectivity index (χ0) is 12.3. The van der Waals surface area contributed by atoms with E-state index in [2.05, 4.69) is 0 Å². The molecule has 0 spiro atoms. The number of hydrogen-bond acceptors (Lipinski definition) is 3. The van der Waals surface area contributed by atoms with Crippen LogP contribution in [-0.2, 0) is 9.59 Å². The second-order valence-corrected chi connectivity index (χ2v) is 2.84. The van der Waals surface area contributed by atoms with Crippen molar-refractivity contribution in [3.63, 3.8) is 0 Å². The van der Waals surface area contributed by atoms with Gasteiger partial charge in [-0.2, -0.15) is 0 Å². The average molecular weight is 211 g/mol. The van der Waals surface area contributed by atoms with E-state index in [0.29, 0.717) is 0 Å². The van der Waals surface area contributed by atoms with E-state index in [4.69, 9.17) is 15.6 Å². The van der Waals surface area contributed by atoms with Gasteiger partial charge in [-0.15, -0.1) is 0 Å². The van der Waals surface area contributed by atoms with Crippen LogP contribution in [0.15, 0.2) is 30.3 Å². The maximum absolute atomic E-state index is 9.44. The number of nitrogen functional groups attached to an aromatic ring is 1. The van der Waals surface area contributed by atoms with E-state index in [1.807, 2.05) is 30.3 Å². The van der Waals surface area contributed by atoms with Crippen molar-refractivity contribution >= 4 is 17.4 Å². The van der Waals surface area contributed by atoms with Gasteiger partial charge in [-0.25, -0.2) is 0 Å². The number of carbonyl (C=O) groups excluding carboxylic acids is 1. The quantitative estimate of drug-likeness (QED) is 0.643. The van der Waals surface area contributed by atoms with Gasteiger partial charge in [-0.05, 0) is 26.0 Å². The molecule has 0 aliphatic carbocycles. The number of para-hydroxylation sites is 1. The van der Waals surface area contributed by atoms with Crippen LogP contribution in [0.4, 0.5) is 5.69 Å². The van der Waals surface area contributed by atoms with Crippen LogP contribution >= 0.6 is 0 Å². The summed E-state index contributed by atoms with van der Waals surface area (Å²) in [6, 6.07) is 9.49. The van der Waals surface area contributed by atoms with Gasteiger partial charge in [0.1, 0.15) is 5.78 Å². The average Bonchev–Trinajstić information content (AvgIpc) is 2.03. The first-order valence-corrected chi connectivity index (χ1v) is 4.33. The van der Waals surface area contributed by atoms with Crippen LogP contribution < -0.4 is 5.73 Å². The van der Waals surface area contributed by atoms with Gasteiger partial charge in [-0.1, -0.05) is 18.2 Å². The number of anilines is 1. The standard InChI is InChI=1S/C6H7N.C3H6O.C2H4O2/c7-6-4-2-1-3-5-6;1-3(2)4;1-2(3)4/h1-5H,7H2;1-2H3;1H3,(H,3,4). The Labute approximate surface area is 89.7 Å². The number of carboxylic acid groups (broad SMARTS) is 1. The van der Waals surface area contributed by atoms with Crippen molar-refractivity contribution in [3.05, 3.63) is 30.3 Å². The molecule has 0 bridgehead atoms. The molecular weight excluding hydrogens is 194 g/mol. The Bertz CT molecular complexity index is 263. The van der Waals surface area contributed by atoms with E-state index in [0.717, 1.165) is 12.6 Å². The molecule has 0 heterocycles. The van der Waals surface area contributed by atoms with E-state index in [1.54, 1.807) is 0 Å². The lowest BCUT2D eigenvalue weighted by atomic mass is 10.3. The molecule has 15 heavy (non-hydrogen) atoms. The first-order chi connectivity index (χ1) is 6.86. The Morgan fingerprint density at radius 3 is 1.47 bits per heavy atom. The van der Waals surface area contributed by atoms with Crippen LogP contribution in [0.1, 0.15) is 20.8 Å². The number of rotatable bonds is 0. The summed E-state index contributed by atoms with van der Waals surface area (Å²) < 4.78 is 0. The number of carbonyl (C=O) groups is 2. The summed E-state index contributed by atoms with van der Waals surface area (Å²) in [6.45, 7) is 4.14. The maximum Gasteiger partial charge on any atom is 0.300 e. The third-order valence-corrected chi connectivity index (χ3v) is 0.800. The van der Waals surface area contributed by atoms with Gasteiger partial charge in [0.2, 0.25) is 0 Å². The highest BCUT2D eigenvalue weighted by atomic mass is 16.4. The van der Waals surface area contributed by atoms with Crippen LogP contribution in [0.3, 0.4) is 0 Å². The van der Waals surface area contributed by atoms with Gasteiger partial charge < -0.3 is 15.6 Å².